The number of alkyl halides is 3. The van der Waals surface area contributed by atoms with Crippen LogP contribution in [0.2, 0.25) is 0 Å². The molecular formula is C16H11F4N3S. The lowest BCUT2D eigenvalue weighted by molar-refractivity contribution is -0.148. The quantitative estimate of drug-likeness (QED) is 0.709. The number of hydrogen-bond donors (Lipinski definition) is 0. The third-order valence-corrected chi connectivity index (χ3v) is 4.38. The molecule has 1 aliphatic rings. The van der Waals surface area contributed by atoms with Gasteiger partial charge in [0.1, 0.15) is 11.2 Å². The Hall–Kier alpha value is -2.22. The van der Waals surface area contributed by atoms with Gasteiger partial charge in [-0.1, -0.05) is 42.1 Å². The maximum atomic E-state index is 13.2. The van der Waals surface area contributed by atoms with Crippen LogP contribution in [-0.2, 0) is 0 Å². The monoisotopic (exact) mass is 353 g/mol. The van der Waals surface area contributed by atoms with E-state index in [1.165, 1.54) is 24.3 Å². The first-order chi connectivity index (χ1) is 11.4. The highest BCUT2D eigenvalue weighted by atomic mass is 32.2. The molecule has 0 saturated heterocycles. The van der Waals surface area contributed by atoms with Crippen LogP contribution in [0.4, 0.5) is 17.6 Å². The highest BCUT2D eigenvalue weighted by Crippen LogP contribution is 2.38. The van der Waals surface area contributed by atoms with Gasteiger partial charge < -0.3 is 0 Å². The smallest absolute Gasteiger partial charge is 0.247 e. The molecule has 0 amide bonds. The van der Waals surface area contributed by atoms with E-state index in [9.17, 15) is 17.6 Å². The van der Waals surface area contributed by atoms with E-state index >= 15 is 0 Å². The summed E-state index contributed by atoms with van der Waals surface area (Å²) in [7, 11) is 0. The fraction of sp³-hybridized carbons (Fsp3) is 0.188. The highest BCUT2D eigenvalue weighted by molar-refractivity contribution is 8.00. The molecule has 24 heavy (non-hydrogen) atoms. The number of azo groups is 1. The van der Waals surface area contributed by atoms with Gasteiger partial charge in [-0.3, -0.25) is 0 Å². The van der Waals surface area contributed by atoms with Crippen molar-refractivity contribution in [3.63, 3.8) is 0 Å². The fourth-order valence-corrected chi connectivity index (χ4v) is 3.14. The molecule has 124 valence electrons. The Bertz CT molecular complexity index is 757. The molecule has 8 heteroatoms. The van der Waals surface area contributed by atoms with Gasteiger partial charge in [-0.15, -0.1) is 5.11 Å². The molecular weight excluding hydrogens is 342 g/mol. The number of halogens is 4. The molecule has 2 atom stereocenters. The summed E-state index contributed by atoms with van der Waals surface area (Å²) >= 11 is 0.879. The molecule has 0 radical (unpaired) electrons. The number of benzene rings is 2. The van der Waals surface area contributed by atoms with E-state index in [1.807, 2.05) is 0 Å². The summed E-state index contributed by atoms with van der Waals surface area (Å²) in [5, 5.41) is 5.84. The molecule has 2 aromatic carbocycles. The molecule has 0 N–H and O–H groups in total. The van der Waals surface area contributed by atoms with Crippen LogP contribution in [0.5, 0.6) is 0 Å². The van der Waals surface area contributed by atoms with E-state index in [-0.39, 0.29) is 5.84 Å². The zero-order valence-corrected chi connectivity index (χ0v) is 12.9. The molecule has 0 fully saturated rings. The minimum absolute atomic E-state index is 0.149. The number of thioether (sulfide) groups is 1. The Morgan fingerprint density at radius 2 is 1.58 bits per heavy atom. The largest absolute Gasteiger partial charge is 0.415 e. The van der Waals surface area contributed by atoms with Gasteiger partial charge in [0.2, 0.25) is 0 Å². The number of rotatable bonds is 3. The Labute approximate surface area is 139 Å². The number of aliphatic imine (C=N–C) groups is 1. The second-order valence-corrected chi connectivity index (χ2v) is 6.17. The Morgan fingerprint density at radius 3 is 2.21 bits per heavy atom. The molecule has 0 saturated carbocycles. The van der Waals surface area contributed by atoms with Crippen LogP contribution >= 0.6 is 11.8 Å². The number of hydrogen-bond acceptors (Lipinski definition) is 4. The second kappa shape index (κ2) is 6.72. The average molecular weight is 353 g/mol. The van der Waals surface area contributed by atoms with Crippen LogP contribution in [0.3, 0.4) is 0 Å². The van der Waals surface area contributed by atoms with E-state index < -0.39 is 23.4 Å². The molecule has 3 nitrogen and oxygen atoms in total. The van der Waals surface area contributed by atoms with Gasteiger partial charge in [0, 0.05) is 10.5 Å². The van der Waals surface area contributed by atoms with Crippen LogP contribution in [0.25, 0.3) is 0 Å². The zero-order valence-electron chi connectivity index (χ0n) is 12.1. The maximum absolute atomic E-state index is 13.2. The van der Waals surface area contributed by atoms with Crippen molar-refractivity contribution in [3.8, 4) is 0 Å². The van der Waals surface area contributed by atoms with E-state index in [0.717, 1.165) is 11.8 Å². The molecule has 1 heterocycles. The Kier molecular flexibility index (Phi) is 4.66. The molecule has 0 aromatic heterocycles. The summed E-state index contributed by atoms with van der Waals surface area (Å²) in [5.41, 5.74) is 0.589. The zero-order chi connectivity index (χ0) is 17.2. The van der Waals surface area contributed by atoms with Crippen molar-refractivity contribution < 1.29 is 17.6 Å². The van der Waals surface area contributed by atoms with Crippen LogP contribution in [0, 0.1) is 5.82 Å². The molecule has 1 aliphatic heterocycles. The molecule has 2 unspecified atom stereocenters. The third-order valence-electron chi connectivity index (χ3n) is 3.23. The van der Waals surface area contributed by atoms with E-state index in [4.69, 9.17) is 0 Å². The van der Waals surface area contributed by atoms with Gasteiger partial charge >= 0.3 is 6.18 Å². The van der Waals surface area contributed by atoms with Gasteiger partial charge in [-0.05, 0) is 24.3 Å². The first kappa shape index (κ1) is 16.6. The topological polar surface area (TPSA) is 37.1 Å². The van der Waals surface area contributed by atoms with Crippen molar-refractivity contribution in [2.24, 2.45) is 15.2 Å². The van der Waals surface area contributed by atoms with Gasteiger partial charge in [0.15, 0.2) is 11.9 Å². The summed E-state index contributed by atoms with van der Waals surface area (Å²) < 4.78 is 52.5. The predicted octanol–water partition coefficient (Wildman–Crippen LogP) is 5.09. The average Bonchev–Trinajstić information content (AvgIpc) is 2.57. The van der Waals surface area contributed by atoms with E-state index in [2.05, 4.69) is 15.2 Å². The van der Waals surface area contributed by atoms with Crippen molar-refractivity contribution in [1.82, 2.24) is 0 Å². The third kappa shape index (κ3) is 3.81. The summed E-state index contributed by atoms with van der Waals surface area (Å²) in [5.74, 6) is -0.306. The van der Waals surface area contributed by atoms with Crippen LogP contribution < -0.4 is 0 Å². The normalized spacial score (nSPS) is 20.8. The van der Waals surface area contributed by atoms with Crippen molar-refractivity contribution in [1.29, 1.82) is 0 Å². The lowest BCUT2D eigenvalue weighted by atomic mass is 10.2. The second-order valence-electron chi connectivity index (χ2n) is 4.98. The maximum Gasteiger partial charge on any atom is 0.415 e. The van der Waals surface area contributed by atoms with E-state index in [0.29, 0.717) is 10.5 Å². The molecule has 2 aromatic rings. The highest BCUT2D eigenvalue weighted by Gasteiger charge is 2.47. The van der Waals surface area contributed by atoms with Crippen LogP contribution in [0.1, 0.15) is 5.56 Å². The lowest BCUT2D eigenvalue weighted by Gasteiger charge is -2.25. The molecule has 0 bridgehead atoms. The molecule has 0 spiro atoms. The molecule has 3 rings (SSSR count). The number of amidine groups is 1. The van der Waals surface area contributed by atoms with Crippen molar-refractivity contribution in [3.05, 3.63) is 66.0 Å². The first-order valence-corrected chi connectivity index (χ1v) is 7.84. The van der Waals surface area contributed by atoms with E-state index in [1.54, 1.807) is 30.3 Å². The minimum atomic E-state index is -4.56. The summed E-state index contributed by atoms with van der Waals surface area (Å²) in [6, 6.07) is 11.8. The Morgan fingerprint density at radius 1 is 0.917 bits per heavy atom. The van der Waals surface area contributed by atoms with Crippen molar-refractivity contribution in [2.45, 2.75) is 22.5 Å². The standard InChI is InChI=1S/C16H11F4N3S/c17-11-6-8-12(9-7-11)24-15-13(16(18,19)20)22-23-14(21-15)10-4-2-1-3-5-10/h1-9,13,15H. The Balaban J connectivity index is 1.91. The lowest BCUT2D eigenvalue weighted by Crippen LogP contribution is -2.37. The number of nitrogens with zero attached hydrogens (tertiary/aromatic N) is 3. The summed E-state index contributed by atoms with van der Waals surface area (Å²) in [6.07, 6.45) is -4.56. The summed E-state index contributed by atoms with van der Waals surface area (Å²) in [4.78, 5) is 4.60. The molecule has 0 aliphatic carbocycles. The SMILES string of the molecule is Fc1ccc(SC2N=C(c3ccccc3)N=NC2C(F)(F)F)cc1. The van der Waals surface area contributed by atoms with Gasteiger partial charge in [-0.25, -0.2) is 9.38 Å². The van der Waals surface area contributed by atoms with Crippen LogP contribution in [0.15, 0.2) is 74.7 Å². The van der Waals surface area contributed by atoms with Crippen molar-refractivity contribution in [2.75, 3.05) is 0 Å². The summed E-state index contributed by atoms with van der Waals surface area (Å²) in [6.45, 7) is 0. The van der Waals surface area contributed by atoms with Gasteiger partial charge in [-0.2, -0.15) is 18.3 Å². The fourth-order valence-electron chi connectivity index (χ4n) is 2.08. The predicted molar refractivity (Wildman–Crippen MR) is 83.7 cm³/mol. The van der Waals surface area contributed by atoms with Crippen LogP contribution in [-0.4, -0.2) is 23.4 Å². The first-order valence-electron chi connectivity index (χ1n) is 6.96. The van der Waals surface area contributed by atoms with Gasteiger partial charge in [0.05, 0.1) is 0 Å². The van der Waals surface area contributed by atoms with Crippen molar-refractivity contribution >= 4 is 17.6 Å². The van der Waals surface area contributed by atoms with Gasteiger partial charge in [0.25, 0.3) is 0 Å². The minimum Gasteiger partial charge on any atom is -0.247 e.